The fraction of sp³-hybridized carbons (Fsp3) is 0.200. The average Bonchev–Trinajstić information content (AvgIpc) is 3.33. The Labute approximate surface area is 202 Å². The van der Waals surface area contributed by atoms with Gasteiger partial charge in [-0.2, -0.15) is 13.4 Å². The third-order valence-corrected chi connectivity index (χ3v) is 6.45. The number of ether oxygens (including phenoxy) is 1. The van der Waals surface area contributed by atoms with Gasteiger partial charge < -0.3 is 13.4 Å². The Morgan fingerprint density at radius 3 is 2.69 bits per heavy atom. The normalized spacial score (nSPS) is 11.3. The summed E-state index contributed by atoms with van der Waals surface area (Å²) < 4.78 is 41.6. The number of benzene rings is 2. The number of esters is 1. The molecule has 0 spiro atoms. The summed E-state index contributed by atoms with van der Waals surface area (Å²) in [6, 6.07) is 14.7. The highest BCUT2D eigenvalue weighted by Crippen LogP contribution is 2.26. The van der Waals surface area contributed by atoms with E-state index in [0.29, 0.717) is 30.1 Å². The highest BCUT2D eigenvalue weighted by molar-refractivity contribution is 7.87. The van der Waals surface area contributed by atoms with E-state index >= 15 is 0 Å². The summed E-state index contributed by atoms with van der Waals surface area (Å²) in [5, 5.41) is 3.92. The molecule has 0 aliphatic rings. The molecule has 0 atom stereocenters. The predicted octanol–water partition coefficient (Wildman–Crippen LogP) is 4.31. The molecule has 0 saturated heterocycles. The molecule has 10 heteroatoms. The molecule has 0 N–H and O–H groups in total. The summed E-state index contributed by atoms with van der Waals surface area (Å²) in [4.78, 5) is 21.0. The van der Waals surface area contributed by atoms with Gasteiger partial charge in [-0.25, -0.2) is 4.79 Å². The number of carbonyl (C=O) groups is 1. The largest absolute Gasteiger partial charge is 0.462 e. The molecule has 2 heterocycles. The fourth-order valence-corrected chi connectivity index (χ4v) is 4.55. The van der Waals surface area contributed by atoms with Crippen LogP contribution in [-0.4, -0.2) is 36.1 Å². The molecule has 0 saturated carbocycles. The number of para-hydroxylation sites is 1. The lowest BCUT2D eigenvalue weighted by molar-refractivity contribution is 0.0496. The SMILES string of the molecule is Cc1ccc(C)c(S(=O)(=O)Oc2ccccc2C(=O)OCCCc2nc(-c3cccnc3)no2)c1. The van der Waals surface area contributed by atoms with E-state index in [-0.39, 0.29) is 22.8 Å². The summed E-state index contributed by atoms with van der Waals surface area (Å²) in [6.45, 7) is 3.54. The second kappa shape index (κ2) is 10.5. The first-order valence-electron chi connectivity index (χ1n) is 10.8. The number of hydrogen-bond donors (Lipinski definition) is 0. The molecule has 0 radical (unpaired) electrons. The smallest absolute Gasteiger partial charge is 0.341 e. The minimum Gasteiger partial charge on any atom is -0.462 e. The Balaban J connectivity index is 1.37. The average molecular weight is 494 g/mol. The van der Waals surface area contributed by atoms with Crippen molar-refractivity contribution in [2.24, 2.45) is 0 Å². The standard InChI is InChI=1S/C25H23N3O6S/c1-17-11-12-18(2)22(15-17)35(30,31)34-21-9-4-3-8-20(21)25(29)32-14-6-10-23-27-24(28-33-23)19-7-5-13-26-16-19/h3-5,7-9,11-13,15-16H,6,10,14H2,1-2H3. The van der Waals surface area contributed by atoms with Crippen molar-refractivity contribution in [3.63, 3.8) is 0 Å². The van der Waals surface area contributed by atoms with Crippen LogP contribution in [0.15, 0.2) is 76.4 Å². The zero-order chi connectivity index (χ0) is 24.8. The maximum Gasteiger partial charge on any atom is 0.341 e. The Morgan fingerprint density at radius 2 is 1.89 bits per heavy atom. The molecule has 35 heavy (non-hydrogen) atoms. The van der Waals surface area contributed by atoms with Gasteiger partial charge in [0.05, 0.1) is 6.61 Å². The molecule has 2 aromatic carbocycles. The Kier molecular flexibility index (Phi) is 7.21. The lowest BCUT2D eigenvalue weighted by Crippen LogP contribution is -2.15. The van der Waals surface area contributed by atoms with Crippen molar-refractivity contribution in [1.29, 1.82) is 0 Å². The van der Waals surface area contributed by atoms with Gasteiger partial charge in [0.25, 0.3) is 0 Å². The zero-order valence-corrected chi connectivity index (χ0v) is 20.0. The van der Waals surface area contributed by atoms with Gasteiger partial charge in [0.1, 0.15) is 10.5 Å². The van der Waals surface area contributed by atoms with Gasteiger partial charge >= 0.3 is 16.1 Å². The van der Waals surface area contributed by atoms with Crippen LogP contribution < -0.4 is 4.18 Å². The van der Waals surface area contributed by atoms with Gasteiger partial charge in [-0.05, 0) is 61.7 Å². The van der Waals surface area contributed by atoms with E-state index in [1.54, 1.807) is 50.5 Å². The third-order valence-electron chi connectivity index (χ3n) is 5.08. The lowest BCUT2D eigenvalue weighted by Gasteiger charge is -2.13. The molecule has 4 aromatic rings. The minimum atomic E-state index is -4.14. The van der Waals surface area contributed by atoms with Crippen LogP contribution in [0.2, 0.25) is 0 Å². The second-order valence-corrected chi connectivity index (χ2v) is 9.31. The molecular weight excluding hydrogens is 470 g/mol. The maximum atomic E-state index is 12.9. The van der Waals surface area contributed by atoms with Gasteiger partial charge in [-0.1, -0.05) is 29.4 Å². The molecule has 0 bridgehead atoms. The van der Waals surface area contributed by atoms with Crippen molar-refractivity contribution in [2.45, 2.75) is 31.6 Å². The molecule has 0 amide bonds. The molecule has 0 aliphatic carbocycles. The van der Waals surface area contributed by atoms with Gasteiger partial charge in [0.15, 0.2) is 5.75 Å². The van der Waals surface area contributed by atoms with Crippen LogP contribution >= 0.6 is 0 Å². The Bertz CT molecular complexity index is 1430. The molecular formula is C25H23N3O6S. The minimum absolute atomic E-state index is 0.0121. The van der Waals surface area contributed by atoms with Crippen molar-refractivity contribution in [1.82, 2.24) is 15.1 Å². The first kappa shape index (κ1) is 24.1. The van der Waals surface area contributed by atoms with E-state index in [1.165, 1.54) is 18.2 Å². The van der Waals surface area contributed by atoms with Crippen molar-refractivity contribution in [2.75, 3.05) is 6.61 Å². The van der Waals surface area contributed by atoms with E-state index in [0.717, 1.165) is 11.1 Å². The van der Waals surface area contributed by atoms with Crippen molar-refractivity contribution in [3.8, 4) is 17.1 Å². The zero-order valence-electron chi connectivity index (χ0n) is 19.2. The Morgan fingerprint density at radius 1 is 1.06 bits per heavy atom. The predicted molar refractivity (Wildman–Crippen MR) is 126 cm³/mol. The molecule has 4 rings (SSSR count). The van der Waals surface area contributed by atoms with Crippen molar-refractivity contribution in [3.05, 3.63) is 89.6 Å². The van der Waals surface area contributed by atoms with Gasteiger partial charge in [-0.15, -0.1) is 0 Å². The summed E-state index contributed by atoms with van der Waals surface area (Å²) in [5.41, 5.74) is 2.07. The van der Waals surface area contributed by atoms with Gasteiger partial charge in [0, 0.05) is 24.4 Å². The van der Waals surface area contributed by atoms with Crippen LogP contribution in [0.4, 0.5) is 0 Å². The first-order valence-corrected chi connectivity index (χ1v) is 12.3. The van der Waals surface area contributed by atoms with Crippen LogP contribution in [0.1, 0.15) is 33.8 Å². The monoisotopic (exact) mass is 493 g/mol. The molecule has 180 valence electrons. The van der Waals surface area contributed by atoms with Crippen LogP contribution in [0.25, 0.3) is 11.4 Å². The molecule has 2 aromatic heterocycles. The second-order valence-electron chi connectivity index (χ2n) is 7.80. The van der Waals surface area contributed by atoms with E-state index < -0.39 is 16.1 Å². The molecule has 0 aliphatic heterocycles. The third kappa shape index (κ3) is 5.90. The lowest BCUT2D eigenvalue weighted by atomic mass is 10.2. The van der Waals surface area contributed by atoms with Crippen LogP contribution in [0.3, 0.4) is 0 Å². The number of aryl methyl sites for hydroxylation is 3. The number of rotatable bonds is 9. The highest BCUT2D eigenvalue weighted by atomic mass is 32.2. The van der Waals surface area contributed by atoms with Gasteiger partial charge in [-0.3, -0.25) is 4.98 Å². The van der Waals surface area contributed by atoms with Crippen molar-refractivity contribution >= 4 is 16.1 Å². The Hall–Kier alpha value is -4.05. The van der Waals surface area contributed by atoms with Gasteiger partial charge in [0.2, 0.25) is 11.7 Å². The van der Waals surface area contributed by atoms with E-state index in [4.69, 9.17) is 13.4 Å². The number of nitrogens with zero attached hydrogens (tertiary/aromatic N) is 3. The highest BCUT2D eigenvalue weighted by Gasteiger charge is 2.23. The molecule has 0 fully saturated rings. The maximum absolute atomic E-state index is 12.9. The summed E-state index contributed by atoms with van der Waals surface area (Å²) in [5.74, 6) is 0.0410. The summed E-state index contributed by atoms with van der Waals surface area (Å²) in [6.07, 6.45) is 4.13. The number of aromatic nitrogens is 3. The van der Waals surface area contributed by atoms with E-state index in [9.17, 15) is 13.2 Å². The van der Waals surface area contributed by atoms with Crippen LogP contribution in [-0.2, 0) is 21.3 Å². The number of carbonyl (C=O) groups excluding carboxylic acids is 1. The molecule has 0 unspecified atom stereocenters. The quantitative estimate of drug-likeness (QED) is 0.191. The van der Waals surface area contributed by atoms with Crippen LogP contribution in [0.5, 0.6) is 5.75 Å². The van der Waals surface area contributed by atoms with Crippen LogP contribution in [0, 0.1) is 13.8 Å². The summed E-state index contributed by atoms with van der Waals surface area (Å²) in [7, 11) is -4.14. The topological polar surface area (TPSA) is 121 Å². The van der Waals surface area contributed by atoms with Crippen molar-refractivity contribution < 1.29 is 26.7 Å². The number of hydrogen-bond acceptors (Lipinski definition) is 9. The van der Waals surface area contributed by atoms with E-state index in [2.05, 4.69) is 15.1 Å². The first-order chi connectivity index (χ1) is 16.8. The fourth-order valence-electron chi connectivity index (χ4n) is 3.28. The number of pyridine rings is 1. The summed E-state index contributed by atoms with van der Waals surface area (Å²) >= 11 is 0. The molecule has 9 nitrogen and oxygen atoms in total. The van der Waals surface area contributed by atoms with E-state index in [1.807, 2.05) is 12.1 Å².